The summed E-state index contributed by atoms with van der Waals surface area (Å²) < 4.78 is 5.53. The Kier molecular flexibility index (Phi) is 9.67. The molecule has 4 rings (SSSR count). The van der Waals surface area contributed by atoms with E-state index in [1.165, 1.54) is 42.6 Å². The Morgan fingerprint density at radius 2 is 1.94 bits per heavy atom. The highest BCUT2D eigenvalue weighted by Gasteiger charge is 2.19. The van der Waals surface area contributed by atoms with Crippen LogP contribution in [0.3, 0.4) is 0 Å². The van der Waals surface area contributed by atoms with E-state index in [-0.39, 0.29) is 0 Å². The van der Waals surface area contributed by atoms with Gasteiger partial charge in [0.25, 0.3) is 0 Å². The molecule has 0 aliphatic carbocycles. The molecule has 2 aromatic rings. The summed E-state index contributed by atoms with van der Waals surface area (Å²) in [5, 5.41) is 4.82. The predicted molar refractivity (Wildman–Crippen MR) is 152 cm³/mol. The van der Waals surface area contributed by atoms with E-state index in [9.17, 15) is 0 Å². The first-order valence-corrected chi connectivity index (χ1v) is 13.8. The van der Waals surface area contributed by atoms with Crippen molar-refractivity contribution in [1.29, 1.82) is 0 Å². The summed E-state index contributed by atoms with van der Waals surface area (Å²) in [7, 11) is 0. The minimum absolute atomic E-state index is 0.696. The van der Waals surface area contributed by atoms with Gasteiger partial charge in [0.1, 0.15) is 0 Å². The standard InChI is InChI=1S/C28H39ClN4OS/c1-3-4-11-32-12-5-6-24-20-23(8-10-27(24)32)21-33(14-13-31-15-17-34-18-16-31)28(35)30-26-9-7-22(2)19-25(26)29/h7-10,19-20H,3-6,11-18,21H2,1-2H3,(H,30,35). The van der Waals surface area contributed by atoms with Crippen molar-refractivity contribution < 1.29 is 4.74 Å². The number of halogens is 1. The van der Waals surface area contributed by atoms with Gasteiger partial charge in [0.2, 0.25) is 0 Å². The van der Waals surface area contributed by atoms with Crippen LogP contribution in [0.5, 0.6) is 0 Å². The number of thiocarbonyl (C=S) groups is 1. The summed E-state index contributed by atoms with van der Waals surface area (Å²) >= 11 is 12.4. The highest BCUT2D eigenvalue weighted by molar-refractivity contribution is 7.80. The molecule has 0 spiro atoms. The van der Waals surface area contributed by atoms with Gasteiger partial charge in [0, 0.05) is 51.5 Å². The van der Waals surface area contributed by atoms with Crippen LogP contribution in [0.1, 0.15) is 42.9 Å². The zero-order valence-corrected chi connectivity index (χ0v) is 22.8. The van der Waals surface area contributed by atoms with E-state index in [1.807, 2.05) is 19.1 Å². The lowest BCUT2D eigenvalue weighted by molar-refractivity contribution is 0.0358. The third-order valence-electron chi connectivity index (χ3n) is 6.96. The smallest absolute Gasteiger partial charge is 0.173 e. The Balaban J connectivity index is 1.48. The third kappa shape index (κ3) is 7.32. The summed E-state index contributed by atoms with van der Waals surface area (Å²) in [6.07, 6.45) is 4.86. The highest BCUT2D eigenvalue weighted by atomic mass is 35.5. The molecular weight excluding hydrogens is 476 g/mol. The molecule has 7 heteroatoms. The fraction of sp³-hybridized carbons (Fsp3) is 0.536. The van der Waals surface area contributed by atoms with E-state index in [2.05, 4.69) is 51.2 Å². The van der Waals surface area contributed by atoms with E-state index >= 15 is 0 Å². The predicted octanol–water partition coefficient (Wildman–Crippen LogP) is 5.73. The summed E-state index contributed by atoms with van der Waals surface area (Å²) in [5.41, 5.74) is 6.19. The lowest BCUT2D eigenvalue weighted by Gasteiger charge is -2.33. The number of fused-ring (bicyclic) bond motifs is 1. The first-order chi connectivity index (χ1) is 17.0. The molecule has 1 N–H and O–H groups in total. The Bertz CT molecular complexity index is 995. The van der Waals surface area contributed by atoms with Crippen molar-refractivity contribution >= 4 is 40.3 Å². The van der Waals surface area contributed by atoms with Crippen molar-refractivity contribution in [2.45, 2.75) is 46.1 Å². The SMILES string of the molecule is CCCCN1CCCc2cc(CN(CCN3CCOCC3)C(=S)Nc3ccc(C)cc3Cl)ccc21. The average molecular weight is 515 g/mol. The Hall–Kier alpha value is -1.86. The van der Waals surface area contributed by atoms with Crippen LogP contribution in [0.15, 0.2) is 36.4 Å². The van der Waals surface area contributed by atoms with Gasteiger partial charge >= 0.3 is 0 Å². The molecule has 0 atom stereocenters. The van der Waals surface area contributed by atoms with E-state index in [0.717, 1.165) is 70.2 Å². The maximum absolute atomic E-state index is 6.50. The van der Waals surface area contributed by atoms with Crippen LogP contribution in [0.4, 0.5) is 11.4 Å². The van der Waals surface area contributed by atoms with E-state index in [0.29, 0.717) is 10.1 Å². The van der Waals surface area contributed by atoms with Crippen LogP contribution in [-0.2, 0) is 17.7 Å². The number of benzene rings is 2. The molecule has 2 heterocycles. The molecule has 0 radical (unpaired) electrons. The van der Waals surface area contributed by atoms with Crippen LogP contribution in [-0.4, -0.2) is 67.4 Å². The maximum Gasteiger partial charge on any atom is 0.173 e. The molecule has 0 unspecified atom stereocenters. The minimum Gasteiger partial charge on any atom is -0.379 e. The van der Waals surface area contributed by atoms with E-state index in [4.69, 9.17) is 28.6 Å². The number of morpholine rings is 1. The first-order valence-electron chi connectivity index (χ1n) is 13.0. The molecule has 1 saturated heterocycles. The van der Waals surface area contributed by atoms with Gasteiger partial charge < -0.3 is 19.9 Å². The second-order valence-electron chi connectivity index (χ2n) is 9.70. The summed E-state index contributed by atoms with van der Waals surface area (Å²) in [6, 6.07) is 13.0. The van der Waals surface area contributed by atoms with Crippen molar-refractivity contribution in [3.63, 3.8) is 0 Å². The number of hydrogen-bond donors (Lipinski definition) is 1. The fourth-order valence-electron chi connectivity index (χ4n) is 4.88. The lowest BCUT2D eigenvalue weighted by Crippen LogP contribution is -2.44. The zero-order valence-electron chi connectivity index (χ0n) is 21.2. The van der Waals surface area contributed by atoms with E-state index in [1.54, 1.807) is 0 Å². The van der Waals surface area contributed by atoms with Crippen LogP contribution in [0, 0.1) is 6.92 Å². The largest absolute Gasteiger partial charge is 0.379 e. The summed E-state index contributed by atoms with van der Waals surface area (Å²) in [4.78, 5) is 7.30. The summed E-state index contributed by atoms with van der Waals surface area (Å²) in [5.74, 6) is 0. The number of nitrogens with one attached hydrogen (secondary N) is 1. The van der Waals surface area contributed by atoms with Gasteiger partial charge in [-0.3, -0.25) is 4.90 Å². The molecule has 2 aromatic carbocycles. The molecule has 1 fully saturated rings. The lowest BCUT2D eigenvalue weighted by atomic mass is 9.98. The third-order valence-corrected chi connectivity index (χ3v) is 7.63. The van der Waals surface area contributed by atoms with Crippen molar-refractivity contribution in [3.8, 4) is 0 Å². The normalized spacial score (nSPS) is 16.1. The van der Waals surface area contributed by atoms with Crippen LogP contribution < -0.4 is 10.2 Å². The maximum atomic E-state index is 6.50. The molecule has 0 saturated carbocycles. The van der Waals surface area contributed by atoms with Gasteiger partial charge in [-0.15, -0.1) is 0 Å². The Morgan fingerprint density at radius 3 is 2.71 bits per heavy atom. The number of ether oxygens (including phenoxy) is 1. The molecule has 0 amide bonds. The van der Waals surface area contributed by atoms with Crippen molar-refractivity contribution in [2.75, 3.05) is 62.7 Å². The second kappa shape index (κ2) is 12.9. The van der Waals surface area contributed by atoms with Crippen molar-refractivity contribution in [1.82, 2.24) is 9.80 Å². The van der Waals surface area contributed by atoms with Crippen molar-refractivity contribution in [2.24, 2.45) is 0 Å². The van der Waals surface area contributed by atoms with Gasteiger partial charge in [-0.1, -0.05) is 43.1 Å². The minimum atomic E-state index is 0.696. The van der Waals surface area contributed by atoms with Gasteiger partial charge in [-0.05, 0) is 73.3 Å². The number of hydrogen-bond acceptors (Lipinski definition) is 4. The van der Waals surface area contributed by atoms with Gasteiger partial charge in [-0.25, -0.2) is 0 Å². The molecule has 0 aromatic heterocycles. The zero-order chi connectivity index (χ0) is 24.6. The highest BCUT2D eigenvalue weighted by Crippen LogP contribution is 2.29. The van der Waals surface area contributed by atoms with Gasteiger partial charge in [0.15, 0.2) is 5.11 Å². The molecule has 190 valence electrons. The second-order valence-corrected chi connectivity index (χ2v) is 10.5. The molecule has 0 bridgehead atoms. The topological polar surface area (TPSA) is 31.0 Å². The summed E-state index contributed by atoms with van der Waals surface area (Å²) in [6.45, 7) is 12.8. The molecule has 2 aliphatic rings. The fourth-order valence-corrected chi connectivity index (χ4v) is 5.43. The Morgan fingerprint density at radius 1 is 1.11 bits per heavy atom. The van der Waals surface area contributed by atoms with Gasteiger partial charge in [-0.2, -0.15) is 0 Å². The average Bonchev–Trinajstić information content (AvgIpc) is 2.87. The van der Waals surface area contributed by atoms with Crippen LogP contribution in [0.2, 0.25) is 5.02 Å². The quantitative estimate of drug-likeness (QED) is 0.430. The number of rotatable bonds is 9. The number of unbranched alkanes of at least 4 members (excludes halogenated alkanes) is 1. The van der Waals surface area contributed by atoms with Crippen LogP contribution in [0.25, 0.3) is 0 Å². The molecule has 2 aliphatic heterocycles. The Labute approximate surface area is 221 Å². The number of aryl methyl sites for hydroxylation is 2. The number of nitrogens with zero attached hydrogens (tertiary/aromatic N) is 3. The molecular formula is C28H39ClN4OS. The molecule has 5 nitrogen and oxygen atoms in total. The monoisotopic (exact) mass is 514 g/mol. The van der Waals surface area contributed by atoms with Crippen LogP contribution >= 0.6 is 23.8 Å². The van der Waals surface area contributed by atoms with E-state index < -0.39 is 0 Å². The van der Waals surface area contributed by atoms with Gasteiger partial charge in [0.05, 0.1) is 23.9 Å². The van der Waals surface area contributed by atoms with Crippen molar-refractivity contribution in [3.05, 3.63) is 58.1 Å². The number of anilines is 2. The first kappa shape index (κ1) is 26.2. The molecule has 35 heavy (non-hydrogen) atoms.